The number of nitrogens with one attached hydrogen (secondary N) is 1. The maximum Gasteiger partial charge on any atom is 0.105 e. The van der Waals surface area contributed by atoms with E-state index in [-0.39, 0.29) is 5.54 Å². The van der Waals surface area contributed by atoms with Crippen LogP contribution in [0.25, 0.3) is 0 Å². The summed E-state index contributed by atoms with van der Waals surface area (Å²) in [5, 5.41) is 13.1. The Balaban J connectivity index is 1.94. The van der Waals surface area contributed by atoms with Crippen LogP contribution in [0.4, 0.5) is 0 Å². The highest BCUT2D eigenvalue weighted by molar-refractivity contribution is 5.08. The van der Waals surface area contributed by atoms with Gasteiger partial charge in [0.1, 0.15) is 5.54 Å². The molecule has 0 bridgehead atoms. The van der Waals surface area contributed by atoms with E-state index >= 15 is 0 Å². The zero-order valence-electron chi connectivity index (χ0n) is 13.5. The summed E-state index contributed by atoms with van der Waals surface area (Å²) < 4.78 is 0. The van der Waals surface area contributed by atoms with Gasteiger partial charge in [0.25, 0.3) is 0 Å². The van der Waals surface area contributed by atoms with Gasteiger partial charge in [0.15, 0.2) is 0 Å². The molecule has 0 radical (unpaired) electrons. The maximum atomic E-state index is 9.53. The summed E-state index contributed by atoms with van der Waals surface area (Å²) >= 11 is 0. The zero-order chi connectivity index (χ0) is 14.8. The molecule has 0 aromatic carbocycles. The van der Waals surface area contributed by atoms with Gasteiger partial charge < -0.3 is 4.90 Å². The molecular weight excluding hydrogens is 248 g/mol. The first-order valence-corrected chi connectivity index (χ1v) is 8.07. The lowest BCUT2D eigenvalue weighted by atomic mass is 9.93. The fourth-order valence-electron chi connectivity index (χ4n) is 3.57. The van der Waals surface area contributed by atoms with Gasteiger partial charge in [-0.15, -0.1) is 0 Å². The third-order valence-electron chi connectivity index (χ3n) is 4.71. The van der Waals surface area contributed by atoms with Crippen LogP contribution in [-0.4, -0.2) is 60.1 Å². The summed E-state index contributed by atoms with van der Waals surface area (Å²) in [4.78, 5) is 5.01. The SMILES string of the molecule is CC1CN(C)CCCN1C(C)CC(C)(C#N)NC1CC1. The van der Waals surface area contributed by atoms with E-state index < -0.39 is 0 Å². The Kier molecular flexibility index (Phi) is 5.06. The van der Waals surface area contributed by atoms with E-state index in [9.17, 15) is 5.26 Å². The van der Waals surface area contributed by atoms with Crippen molar-refractivity contribution in [3.63, 3.8) is 0 Å². The van der Waals surface area contributed by atoms with Gasteiger partial charge >= 0.3 is 0 Å². The van der Waals surface area contributed by atoms with E-state index in [0.29, 0.717) is 18.1 Å². The van der Waals surface area contributed by atoms with Crippen LogP contribution in [0.3, 0.4) is 0 Å². The van der Waals surface area contributed by atoms with Gasteiger partial charge in [-0.1, -0.05) is 0 Å². The third-order valence-corrected chi connectivity index (χ3v) is 4.71. The molecule has 3 unspecified atom stereocenters. The minimum absolute atomic E-state index is 0.376. The second kappa shape index (κ2) is 6.43. The van der Waals surface area contributed by atoms with Crippen molar-refractivity contribution in [2.24, 2.45) is 0 Å². The van der Waals surface area contributed by atoms with E-state index in [0.717, 1.165) is 19.5 Å². The summed E-state index contributed by atoms with van der Waals surface area (Å²) in [6, 6.07) is 4.12. The first kappa shape index (κ1) is 15.8. The van der Waals surface area contributed by atoms with E-state index in [1.54, 1.807) is 0 Å². The van der Waals surface area contributed by atoms with Gasteiger partial charge in [-0.2, -0.15) is 5.26 Å². The molecule has 0 spiro atoms. The molecule has 4 heteroatoms. The normalized spacial score (nSPS) is 30.2. The molecule has 0 aromatic rings. The quantitative estimate of drug-likeness (QED) is 0.833. The fourth-order valence-corrected chi connectivity index (χ4v) is 3.57. The van der Waals surface area contributed by atoms with E-state index in [4.69, 9.17) is 0 Å². The topological polar surface area (TPSA) is 42.3 Å². The molecular formula is C16H30N4. The Morgan fingerprint density at radius 2 is 2.10 bits per heavy atom. The van der Waals surface area contributed by atoms with Gasteiger partial charge in [-0.05, 0) is 66.6 Å². The number of rotatable bonds is 5. The molecule has 1 heterocycles. The van der Waals surface area contributed by atoms with Crippen molar-refractivity contribution in [3.8, 4) is 6.07 Å². The predicted molar refractivity (Wildman–Crippen MR) is 82.5 cm³/mol. The average molecular weight is 278 g/mol. The van der Waals surface area contributed by atoms with Crippen molar-refractivity contribution in [3.05, 3.63) is 0 Å². The molecule has 114 valence electrons. The smallest absolute Gasteiger partial charge is 0.105 e. The first-order valence-electron chi connectivity index (χ1n) is 8.07. The highest BCUT2D eigenvalue weighted by atomic mass is 15.2. The summed E-state index contributed by atoms with van der Waals surface area (Å²) in [5.74, 6) is 0. The molecule has 2 rings (SSSR count). The first-order chi connectivity index (χ1) is 9.43. The number of nitrogens with zero attached hydrogens (tertiary/aromatic N) is 3. The van der Waals surface area contributed by atoms with Gasteiger partial charge in [0.2, 0.25) is 0 Å². The number of hydrogen-bond acceptors (Lipinski definition) is 4. The lowest BCUT2D eigenvalue weighted by Crippen LogP contribution is -2.50. The van der Waals surface area contributed by atoms with Crippen molar-refractivity contribution < 1.29 is 0 Å². The standard InChI is InChI=1S/C16H30N4/c1-13(10-16(3,12-17)18-15-6-7-15)20-9-5-8-19(4)11-14(20)2/h13-15,18H,5-11H2,1-4H3. The Bertz CT molecular complexity index is 360. The van der Waals surface area contributed by atoms with E-state index in [2.05, 4.69) is 49.0 Å². The lowest BCUT2D eigenvalue weighted by molar-refractivity contribution is 0.130. The Hall–Kier alpha value is -0.630. The number of hydrogen-bond donors (Lipinski definition) is 1. The third kappa shape index (κ3) is 4.18. The molecule has 1 aliphatic carbocycles. The van der Waals surface area contributed by atoms with Gasteiger partial charge in [-0.3, -0.25) is 10.2 Å². The lowest BCUT2D eigenvalue weighted by Gasteiger charge is -2.37. The molecule has 3 atom stereocenters. The van der Waals surface area contributed by atoms with Crippen LogP contribution in [0, 0.1) is 11.3 Å². The summed E-state index contributed by atoms with van der Waals surface area (Å²) in [5.41, 5.74) is -0.376. The molecule has 1 aliphatic heterocycles. The van der Waals surface area contributed by atoms with Crippen molar-refractivity contribution >= 4 is 0 Å². The van der Waals surface area contributed by atoms with Gasteiger partial charge in [0.05, 0.1) is 6.07 Å². The molecule has 0 aromatic heterocycles. The van der Waals surface area contributed by atoms with Crippen molar-refractivity contribution in [1.82, 2.24) is 15.1 Å². The summed E-state index contributed by atoms with van der Waals surface area (Å²) in [7, 11) is 2.21. The number of nitriles is 1. The Labute approximate surface area is 124 Å². The molecule has 2 fully saturated rings. The predicted octanol–water partition coefficient (Wildman–Crippen LogP) is 1.83. The molecule has 1 N–H and O–H groups in total. The molecule has 0 amide bonds. The van der Waals surface area contributed by atoms with Crippen LogP contribution >= 0.6 is 0 Å². The highest BCUT2D eigenvalue weighted by Gasteiger charge is 2.35. The van der Waals surface area contributed by atoms with Crippen molar-refractivity contribution in [1.29, 1.82) is 5.26 Å². The molecule has 4 nitrogen and oxygen atoms in total. The van der Waals surface area contributed by atoms with Crippen LogP contribution in [0.2, 0.25) is 0 Å². The summed E-state index contributed by atoms with van der Waals surface area (Å²) in [6.45, 7) is 10.1. The second-order valence-corrected chi connectivity index (χ2v) is 7.12. The van der Waals surface area contributed by atoms with Gasteiger partial charge in [0, 0.05) is 24.7 Å². The molecule has 2 aliphatic rings. The summed E-state index contributed by atoms with van der Waals surface area (Å²) in [6.07, 6.45) is 4.60. The zero-order valence-corrected chi connectivity index (χ0v) is 13.5. The van der Waals surface area contributed by atoms with E-state index in [1.165, 1.54) is 25.8 Å². The van der Waals surface area contributed by atoms with Crippen LogP contribution in [0.1, 0.15) is 46.5 Å². The largest absolute Gasteiger partial charge is 0.305 e. The van der Waals surface area contributed by atoms with Crippen LogP contribution in [0.5, 0.6) is 0 Å². The average Bonchev–Trinajstić information content (AvgIpc) is 3.18. The Morgan fingerprint density at radius 3 is 2.70 bits per heavy atom. The molecule has 1 saturated heterocycles. The fraction of sp³-hybridized carbons (Fsp3) is 0.938. The second-order valence-electron chi connectivity index (χ2n) is 7.12. The maximum absolute atomic E-state index is 9.53. The molecule has 20 heavy (non-hydrogen) atoms. The van der Waals surface area contributed by atoms with Crippen molar-refractivity contribution in [2.45, 2.75) is 70.1 Å². The minimum atomic E-state index is -0.376. The Morgan fingerprint density at radius 1 is 1.40 bits per heavy atom. The van der Waals surface area contributed by atoms with Crippen LogP contribution in [0.15, 0.2) is 0 Å². The van der Waals surface area contributed by atoms with Crippen LogP contribution < -0.4 is 5.32 Å². The highest BCUT2D eigenvalue weighted by Crippen LogP contribution is 2.26. The monoisotopic (exact) mass is 278 g/mol. The van der Waals surface area contributed by atoms with Crippen LogP contribution in [-0.2, 0) is 0 Å². The van der Waals surface area contributed by atoms with Crippen molar-refractivity contribution in [2.75, 3.05) is 26.7 Å². The number of likely N-dealkylation sites (N-methyl/N-ethyl adjacent to an activating group) is 1. The van der Waals surface area contributed by atoms with Gasteiger partial charge in [-0.25, -0.2) is 0 Å². The minimum Gasteiger partial charge on any atom is -0.305 e. The molecule has 1 saturated carbocycles. The van der Waals surface area contributed by atoms with E-state index in [1.807, 2.05) is 0 Å².